The van der Waals surface area contributed by atoms with Gasteiger partial charge in [0.2, 0.25) is 0 Å². The number of nitrogens with two attached hydrogens (primary N) is 1. The third-order valence-electron chi connectivity index (χ3n) is 3.55. The molecule has 0 atom stereocenters. The van der Waals surface area contributed by atoms with Crippen LogP contribution in [0, 0.1) is 13.8 Å². The summed E-state index contributed by atoms with van der Waals surface area (Å²) >= 11 is 1.34. The number of hydrogen-bond acceptors (Lipinski definition) is 6. The molecular weight excluding hydrogens is 312 g/mol. The molecule has 23 heavy (non-hydrogen) atoms. The summed E-state index contributed by atoms with van der Waals surface area (Å²) in [5.41, 5.74) is 8.58. The monoisotopic (exact) mass is 328 g/mol. The molecule has 0 fully saturated rings. The Bertz CT molecular complexity index is 839. The maximum absolute atomic E-state index is 11.3. The first-order valence-corrected chi connectivity index (χ1v) is 8.00. The van der Waals surface area contributed by atoms with Crippen LogP contribution in [0.3, 0.4) is 0 Å². The minimum absolute atomic E-state index is 0.429. The highest BCUT2D eigenvalue weighted by molar-refractivity contribution is 7.13. The molecule has 0 aliphatic carbocycles. The fraction of sp³-hybridized carbons (Fsp3) is 0.250. The number of amides is 1. The fourth-order valence-electron chi connectivity index (χ4n) is 2.41. The molecule has 0 unspecified atom stereocenters. The molecule has 0 aliphatic rings. The Balaban J connectivity index is 1.83. The molecule has 7 heteroatoms. The minimum Gasteiger partial charge on any atom is -0.365 e. The van der Waals surface area contributed by atoms with E-state index in [0.717, 1.165) is 27.7 Å². The molecule has 0 bridgehead atoms. The Morgan fingerprint density at radius 1 is 1.30 bits per heavy atom. The second-order valence-electron chi connectivity index (χ2n) is 5.17. The van der Waals surface area contributed by atoms with Gasteiger partial charge in [-0.1, -0.05) is 11.2 Å². The molecular formula is C16H16N4O2S. The lowest BCUT2D eigenvalue weighted by atomic mass is 10.1. The van der Waals surface area contributed by atoms with E-state index in [1.165, 1.54) is 11.3 Å². The van der Waals surface area contributed by atoms with E-state index in [0.29, 0.717) is 23.4 Å². The molecule has 6 nitrogen and oxygen atoms in total. The van der Waals surface area contributed by atoms with E-state index in [1.54, 1.807) is 13.1 Å². The summed E-state index contributed by atoms with van der Waals surface area (Å²) in [4.78, 5) is 20.6. The largest absolute Gasteiger partial charge is 0.365 e. The van der Waals surface area contributed by atoms with E-state index in [9.17, 15) is 4.79 Å². The predicted octanol–water partition coefficient (Wildman–Crippen LogP) is 2.69. The Morgan fingerprint density at radius 2 is 2.13 bits per heavy atom. The van der Waals surface area contributed by atoms with Gasteiger partial charge >= 0.3 is 0 Å². The van der Waals surface area contributed by atoms with Crippen LogP contribution in [0.4, 0.5) is 0 Å². The molecule has 3 aromatic rings. The molecule has 3 heterocycles. The average Bonchev–Trinajstić information content (AvgIpc) is 3.09. The highest BCUT2D eigenvalue weighted by Gasteiger charge is 2.17. The molecule has 0 aliphatic heterocycles. The van der Waals surface area contributed by atoms with Crippen molar-refractivity contribution in [3.05, 3.63) is 51.3 Å². The van der Waals surface area contributed by atoms with Crippen molar-refractivity contribution < 1.29 is 9.32 Å². The van der Waals surface area contributed by atoms with Crippen LogP contribution in [-0.4, -0.2) is 21.0 Å². The normalized spacial score (nSPS) is 10.9. The lowest BCUT2D eigenvalue weighted by molar-refractivity contribution is 0.100. The van der Waals surface area contributed by atoms with Crippen LogP contribution < -0.4 is 5.73 Å². The summed E-state index contributed by atoms with van der Waals surface area (Å²) in [5.74, 6) is 0.343. The second kappa shape index (κ2) is 6.29. The lowest BCUT2D eigenvalue weighted by Gasteiger charge is -2.00. The van der Waals surface area contributed by atoms with E-state index < -0.39 is 5.91 Å². The Kier molecular flexibility index (Phi) is 4.20. The van der Waals surface area contributed by atoms with Gasteiger partial charge in [-0.25, -0.2) is 4.98 Å². The third-order valence-corrected chi connectivity index (χ3v) is 4.78. The van der Waals surface area contributed by atoms with Crippen molar-refractivity contribution in [1.82, 2.24) is 15.1 Å². The number of aromatic nitrogens is 3. The van der Waals surface area contributed by atoms with Crippen LogP contribution in [0.5, 0.6) is 0 Å². The third kappa shape index (κ3) is 3.14. The van der Waals surface area contributed by atoms with Gasteiger partial charge in [0.05, 0.1) is 16.4 Å². The molecule has 1 amide bonds. The zero-order valence-electron chi connectivity index (χ0n) is 12.9. The summed E-state index contributed by atoms with van der Waals surface area (Å²) in [5, 5.41) is 5.00. The van der Waals surface area contributed by atoms with Crippen molar-refractivity contribution in [3.63, 3.8) is 0 Å². The Morgan fingerprint density at radius 3 is 2.78 bits per heavy atom. The van der Waals surface area contributed by atoms with Crippen LogP contribution in [0.1, 0.15) is 31.7 Å². The van der Waals surface area contributed by atoms with Crippen molar-refractivity contribution in [2.45, 2.75) is 26.7 Å². The summed E-state index contributed by atoms with van der Waals surface area (Å²) in [6.45, 7) is 3.68. The highest BCUT2D eigenvalue weighted by Crippen LogP contribution is 2.26. The van der Waals surface area contributed by atoms with E-state index in [4.69, 9.17) is 10.3 Å². The van der Waals surface area contributed by atoms with Gasteiger partial charge in [-0.15, -0.1) is 11.3 Å². The molecule has 3 aromatic heterocycles. The smallest absolute Gasteiger partial charge is 0.260 e. The van der Waals surface area contributed by atoms with Crippen molar-refractivity contribution >= 4 is 17.2 Å². The zero-order valence-corrected chi connectivity index (χ0v) is 13.7. The first-order valence-electron chi connectivity index (χ1n) is 7.19. The van der Waals surface area contributed by atoms with Crippen molar-refractivity contribution in [2.75, 3.05) is 0 Å². The van der Waals surface area contributed by atoms with E-state index in [1.807, 2.05) is 25.1 Å². The quantitative estimate of drug-likeness (QED) is 0.777. The van der Waals surface area contributed by atoms with Gasteiger partial charge in [0.1, 0.15) is 16.3 Å². The molecule has 3 rings (SSSR count). The molecule has 0 radical (unpaired) electrons. The van der Waals surface area contributed by atoms with Crippen LogP contribution in [0.2, 0.25) is 0 Å². The predicted molar refractivity (Wildman–Crippen MR) is 87.2 cm³/mol. The van der Waals surface area contributed by atoms with Gasteiger partial charge < -0.3 is 10.3 Å². The Labute approximate surface area is 137 Å². The van der Waals surface area contributed by atoms with Gasteiger partial charge in [0.25, 0.3) is 5.91 Å². The number of rotatable bonds is 5. The van der Waals surface area contributed by atoms with Crippen LogP contribution in [0.25, 0.3) is 11.4 Å². The van der Waals surface area contributed by atoms with Gasteiger partial charge in [-0.05, 0) is 32.4 Å². The molecule has 118 valence electrons. The number of pyridine rings is 1. The molecule has 0 saturated heterocycles. The van der Waals surface area contributed by atoms with Crippen molar-refractivity contribution in [2.24, 2.45) is 5.73 Å². The maximum atomic E-state index is 11.3. The van der Waals surface area contributed by atoms with Gasteiger partial charge in [-0.3, -0.25) is 9.78 Å². The SMILES string of the molecule is Cc1nc(CCc2c(-c3ccccn3)noc2C)sc1C(N)=O. The van der Waals surface area contributed by atoms with E-state index in [-0.39, 0.29) is 0 Å². The highest BCUT2D eigenvalue weighted by atomic mass is 32.1. The summed E-state index contributed by atoms with van der Waals surface area (Å²) in [6.07, 6.45) is 3.14. The van der Waals surface area contributed by atoms with Gasteiger partial charge in [-0.2, -0.15) is 0 Å². The first-order chi connectivity index (χ1) is 11.1. The lowest BCUT2D eigenvalue weighted by Crippen LogP contribution is -2.09. The van der Waals surface area contributed by atoms with E-state index in [2.05, 4.69) is 15.1 Å². The van der Waals surface area contributed by atoms with Crippen LogP contribution in [-0.2, 0) is 12.8 Å². The fourth-order valence-corrected chi connectivity index (χ4v) is 3.33. The Hall–Kier alpha value is -2.54. The number of primary amides is 1. The van der Waals surface area contributed by atoms with Gasteiger partial charge in [0.15, 0.2) is 0 Å². The second-order valence-corrected chi connectivity index (χ2v) is 6.25. The number of nitrogens with zero attached hydrogens (tertiary/aromatic N) is 3. The van der Waals surface area contributed by atoms with E-state index >= 15 is 0 Å². The molecule has 0 saturated carbocycles. The number of carbonyl (C=O) groups excluding carboxylic acids is 1. The summed E-state index contributed by atoms with van der Waals surface area (Å²) < 4.78 is 5.32. The molecule has 2 N–H and O–H groups in total. The number of hydrogen-bond donors (Lipinski definition) is 1. The minimum atomic E-state index is -0.429. The standard InChI is InChI=1S/C16H16N4O2S/c1-9-15(16(17)21)23-13(19-9)7-6-11-10(2)22-20-14(11)12-5-3-4-8-18-12/h3-5,8H,6-7H2,1-2H3,(H2,17,21). The number of aryl methyl sites for hydroxylation is 3. The molecule has 0 spiro atoms. The van der Waals surface area contributed by atoms with Crippen LogP contribution in [0.15, 0.2) is 28.9 Å². The zero-order chi connectivity index (χ0) is 16.4. The summed E-state index contributed by atoms with van der Waals surface area (Å²) in [6, 6.07) is 5.68. The van der Waals surface area contributed by atoms with Crippen LogP contribution >= 0.6 is 11.3 Å². The topological polar surface area (TPSA) is 94.9 Å². The number of carbonyl (C=O) groups is 1. The van der Waals surface area contributed by atoms with Gasteiger partial charge in [0, 0.05) is 18.2 Å². The summed E-state index contributed by atoms with van der Waals surface area (Å²) in [7, 11) is 0. The molecule has 0 aromatic carbocycles. The number of thiazole rings is 1. The van der Waals surface area contributed by atoms with Crippen molar-refractivity contribution in [3.8, 4) is 11.4 Å². The average molecular weight is 328 g/mol. The van der Waals surface area contributed by atoms with Crippen molar-refractivity contribution in [1.29, 1.82) is 0 Å². The first kappa shape index (κ1) is 15.4. The maximum Gasteiger partial charge on any atom is 0.260 e.